The Hall–Kier alpha value is -1.09. The predicted molar refractivity (Wildman–Crippen MR) is 78.7 cm³/mol. The number of carbonyl (C=O) groups excluding carboxylic acids is 1. The number of hydrogen-bond donors (Lipinski definition) is 0. The molecule has 0 aromatic carbocycles. The van der Waals surface area contributed by atoms with Gasteiger partial charge in [-0.2, -0.15) is 0 Å². The smallest absolute Gasteiger partial charge is 0.178 e. The largest absolute Gasteiger partial charge is 0.351 e. The van der Waals surface area contributed by atoms with Gasteiger partial charge in [0, 0.05) is 24.0 Å². The number of rotatable bonds is 3. The van der Waals surface area contributed by atoms with Gasteiger partial charge in [-0.1, -0.05) is 6.92 Å². The van der Waals surface area contributed by atoms with Crippen LogP contribution < -0.4 is 0 Å². The fraction of sp³-hybridized carbons (Fsp3) is 0.688. The van der Waals surface area contributed by atoms with Gasteiger partial charge in [0.05, 0.1) is 6.54 Å². The van der Waals surface area contributed by atoms with E-state index in [0.29, 0.717) is 6.54 Å². The first-order chi connectivity index (χ1) is 8.99. The van der Waals surface area contributed by atoms with Crippen molar-refractivity contribution in [2.75, 3.05) is 19.6 Å². The maximum atomic E-state index is 12.4. The first kappa shape index (κ1) is 14.3. The molecule has 3 heteroatoms. The Kier molecular flexibility index (Phi) is 4.46. The molecule has 0 bridgehead atoms. The van der Waals surface area contributed by atoms with Crippen molar-refractivity contribution in [2.24, 2.45) is 13.0 Å². The molecule has 0 spiro atoms. The highest BCUT2D eigenvalue weighted by Crippen LogP contribution is 2.18. The summed E-state index contributed by atoms with van der Waals surface area (Å²) in [6, 6.07) is 2.03. The molecule has 106 valence electrons. The van der Waals surface area contributed by atoms with Crippen LogP contribution in [0.2, 0.25) is 0 Å². The van der Waals surface area contributed by atoms with E-state index in [9.17, 15) is 4.79 Å². The number of nitrogens with zero attached hydrogens (tertiary/aromatic N) is 2. The SMILES string of the molecule is Cc1cc(C(=O)CN2CCCC(C)CC2)c(C)n1C. The van der Waals surface area contributed by atoms with Gasteiger partial charge >= 0.3 is 0 Å². The average molecular weight is 262 g/mol. The molecule has 0 saturated carbocycles. The third-order valence-corrected chi connectivity index (χ3v) is 4.55. The Morgan fingerprint density at radius 2 is 2.05 bits per heavy atom. The molecule has 19 heavy (non-hydrogen) atoms. The monoisotopic (exact) mass is 262 g/mol. The molecule has 0 N–H and O–H groups in total. The summed E-state index contributed by atoms with van der Waals surface area (Å²) in [4.78, 5) is 14.8. The molecule has 1 atom stereocenters. The molecular weight excluding hydrogens is 236 g/mol. The summed E-state index contributed by atoms with van der Waals surface area (Å²) in [6.07, 6.45) is 3.75. The molecule has 0 radical (unpaired) electrons. The van der Waals surface area contributed by atoms with Gasteiger partial charge in [-0.25, -0.2) is 0 Å². The second-order valence-electron chi connectivity index (χ2n) is 6.08. The zero-order valence-electron chi connectivity index (χ0n) is 12.7. The molecule has 1 saturated heterocycles. The topological polar surface area (TPSA) is 25.2 Å². The van der Waals surface area contributed by atoms with Crippen LogP contribution >= 0.6 is 0 Å². The Morgan fingerprint density at radius 3 is 2.68 bits per heavy atom. The summed E-state index contributed by atoms with van der Waals surface area (Å²) in [5, 5.41) is 0. The highest BCUT2D eigenvalue weighted by Gasteiger charge is 2.19. The normalized spacial score (nSPS) is 21.4. The molecular formula is C16H26N2O. The zero-order chi connectivity index (χ0) is 14.0. The van der Waals surface area contributed by atoms with Crippen LogP contribution in [0.25, 0.3) is 0 Å². The lowest BCUT2D eigenvalue weighted by Gasteiger charge is -2.18. The van der Waals surface area contributed by atoms with E-state index in [-0.39, 0.29) is 5.78 Å². The van der Waals surface area contributed by atoms with Crippen LogP contribution in [0.1, 0.15) is 47.9 Å². The van der Waals surface area contributed by atoms with Crippen molar-refractivity contribution in [1.29, 1.82) is 0 Å². The van der Waals surface area contributed by atoms with Crippen LogP contribution in [0.4, 0.5) is 0 Å². The number of carbonyl (C=O) groups is 1. The summed E-state index contributed by atoms with van der Waals surface area (Å²) in [6.45, 7) is 9.12. The maximum absolute atomic E-state index is 12.4. The van der Waals surface area contributed by atoms with Crippen molar-refractivity contribution in [3.8, 4) is 0 Å². The third-order valence-electron chi connectivity index (χ3n) is 4.55. The van der Waals surface area contributed by atoms with Crippen molar-refractivity contribution >= 4 is 5.78 Å². The lowest BCUT2D eigenvalue weighted by Crippen LogP contribution is -2.31. The Morgan fingerprint density at radius 1 is 1.32 bits per heavy atom. The molecule has 1 aromatic heterocycles. The zero-order valence-corrected chi connectivity index (χ0v) is 12.7. The Labute approximate surface area is 116 Å². The van der Waals surface area contributed by atoms with E-state index in [2.05, 4.69) is 23.3 Å². The quantitative estimate of drug-likeness (QED) is 0.783. The van der Waals surface area contributed by atoms with E-state index in [1.807, 2.05) is 20.0 Å². The van der Waals surface area contributed by atoms with E-state index in [1.165, 1.54) is 19.3 Å². The van der Waals surface area contributed by atoms with Crippen LogP contribution in [-0.4, -0.2) is 34.9 Å². The average Bonchev–Trinajstić information content (AvgIpc) is 2.56. The molecule has 1 unspecified atom stereocenters. The van der Waals surface area contributed by atoms with Crippen LogP contribution in [0.3, 0.4) is 0 Å². The fourth-order valence-electron chi connectivity index (χ4n) is 2.91. The number of aromatic nitrogens is 1. The van der Waals surface area contributed by atoms with Crippen molar-refractivity contribution in [3.63, 3.8) is 0 Å². The third kappa shape index (κ3) is 3.27. The summed E-state index contributed by atoms with van der Waals surface area (Å²) >= 11 is 0. The number of ketones is 1. The van der Waals surface area contributed by atoms with Gasteiger partial charge in [-0.3, -0.25) is 9.69 Å². The van der Waals surface area contributed by atoms with E-state index < -0.39 is 0 Å². The summed E-state index contributed by atoms with van der Waals surface area (Å²) < 4.78 is 2.09. The van der Waals surface area contributed by atoms with Gasteiger partial charge in [-0.05, 0) is 58.2 Å². The highest BCUT2D eigenvalue weighted by atomic mass is 16.1. The number of Topliss-reactive ketones (excluding diaryl/α,β-unsaturated/α-hetero) is 1. The van der Waals surface area contributed by atoms with Crippen LogP contribution in [0.5, 0.6) is 0 Å². The van der Waals surface area contributed by atoms with E-state index >= 15 is 0 Å². The van der Waals surface area contributed by atoms with Crippen LogP contribution in [-0.2, 0) is 7.05 Å². The highest BCUT2D eigenvalue weighted by molar-refractivity contribution is 5.99. The van der Waals surface area contributed by atoms with Gasteiger partial charge < -0.3 is 4.57 Å². The van der Waals surface area contributed by atoms with Crippen molar-refractivity contribution < 1.29 is 4.79 Å². The standard InChI is InChI=1S/C16H26N2O/c1-12-6-5-8-18(9-7-12)11-16(19)15-10-13(2)17(4)14(15)3/h10,12H,5-9,11H2,1-4H3. The molecule has 3 nitrogen and oxygen atoms in total. The molecule has 0 amide bonds. The first-order valence-corrected chi connectivity index (χ1v) is 7.37. The van der Waals surface area contributed by atoms with Gasteiger partial charge in [-0.15, -0.1) is 0 Å². The van der Waals surface area contributed by atoms with Gasteiger partial charge in [0.2, 0.25) is 0 Å². The first-order valence-electron chi connectivity index (χ1n) is 7.37. The predicted octanol–water partition coefficient (Wildman–Crippen LogP) is 2.95. The Balaban J connectivity index is 2.02. The minimum absolute atomic E-state index is 0.274. The minimum atomic E-state index is 0.274. The van der Waals surface area contributed by atoms with Gasteiger partial charge in [0.15, 0.2) is 5.78 Å². The Bertz CT molecular complexity index is 462. The lowest BCUT2D eigenvalue weighted by molar-refractivity contribution is 0.0931. The molecule has 2 rings (SSSR count). The molecule has 2 heterocycles. The molecule has 1 aliphatic heterocycles. The lowest BCUT2D eigenvalue weighted by atomic mass is 10.0. The molecule has 1 aromatic rings. The second-order valence-corrected chi connectivity index (χ2v) is 6.08. The molecule has 1 fully saturated rings. The van der Waals surface area contributed by atoms with Gasteiger partial charge in [0.1, 0.15) is 0 Å². The van der Waals surface area contributed by atoms with Crippen molar-refractivity contribution in [2.45, 2.75) is 40.0 Å². The maximum Gasteiger partial charge on any atom is 0.178 e. The summed E-state index contributed by atoms with van der Waals surface area (Å²) in [5.74, 6) is 1.08. The number of aryl methyl sites for hydroxylation is 1. The molecule has 1 aliphatic rings. The van der Waals surface area contributed by atoms with Gasteiger partial charge in [0.25, 0.3) is 0 Å². The van der Waals surface area contributed by atoms with E-state index in [1.54, 1.807) is 0 Å². The minimum Gasteiger partial charge on any atom is -0.351 e. The summed E-state index contributed by atoms with van der Waals surface area (Å²) in [5.41, 5.74) is 3.15. The fourth-order valence-corrected chi connectivity index (χ4v) is 2.91. The van der Waals surface area contributed by atoms with E-state index in [0.717, 1.165) is 36.0 Å². The second kappa shape index (κ2) is 5.91. The van der Waals surface area contributed by atoms with E-state index in [4.69, 9.17) is 0 Å². The van der Waals surface area contributed by atoms with Crippen LogP contribution in [0, 0.1) is 19.8 Å². The van der Waals surface area contributed by atoms with Crippen molar-refractivity contribution in [3.05, 3.63) is 23.0 Å². The number of likely N-dealkylation sites (tertiary alicyclic amines) is 1. The van der Waals surface area contributed by atoms with Crippen molar-refractivity contribution in [1.82, 2.24) is 9.47 Å². The number of hydrogen-bond acceptors (Lipinski definition) is 2. The summed E-state index contributed by atoms with van der Waals surface area (Å²) in [7, 11) is 2.02. The molecule has 0 aliphatic carbocycles. The van der Waals surface area contributed by atoms with Crippen LogP contribution in [0.15, 0.2) is 6.07 Å².